The van der Waals surface area contributed by atoms with E-state index >= 15 is 0 Å². The molecule has 1 aromatic rings. The van der Waals surface area contributed by atoms with Crippen molar-refractivity contribution in [3.8, 4) is 0 Å². The molecule has 0 bridgehead atoms. The van der Waals surface area contributed by atoms with E-state index in [0.717, 1.165) is 0 Å². The average molecular weight is 473 g/mol. The fourth-order valence-corrected chi connectivity index (χ4v) is 3.07. The number of hydrogen-bond donors (Lipinski definition) is 0. The molecule has 168 valence electrons. The Labute approximate surface area is 167 Å². The molecule has 0 amide bonds. The second kappa shape index (κ2) is 7.61. The average Bonchev–Trinajstić information content (AvgIpc) is 3.15. The van der Waals surface area contributed by atoms with Gasteiger partial charge in [-0.25, -0.2) is 17.6 Å². The number of allylic oxidation sites excluding steroid dienone is 2. The maximum absolute atomic E-state index is 14.1. The van der Waals surface area contributed by atoms with Crippen LogP contribution in [0, 0.1) is 40.5 Å². The summed E-state index contributed by atoms with van der Waals surface area (Å²) in [6.45, 7) is 2.47. The predicted molar refractivity (Wildman–Crippen MR) is 81.9 cm³/mol. The van der Waals surface area contributed by atoms with Gasteiger partial charge in [0.05, 0.1) is 16.5 Å². The normalized spacial score (nSPS) is 22.6. The number of rotatable bonds is 5. The lowest BCUT2D eigenvalue weighted by atomic mass is 10.1. The first-order chi connectivity index (χ1) is 13.4. The molecule has 0 saturated heterocycles. The molecule has 3 atom stereocenters. The Balaban J connectivity index is 2.22. The van der Waals surface area contributed by atoms with Crippen molar-refractivity contribution < 1.29 is 53.4 Å². The quantitative estimate of drug-likeness (QED) is 0.216. The third-order valence-corrected chi connectivity index (χ3v) is 5.10. The summed E-state index contributed by atoms with van der Waals surface area (Å²) in [4.78, 5) is 12.1. The van der Waals surface area contributed by atoms with Crippen molar-refractivity contribution in [3.05, 3.63) is 46.0 Å². The summed E-state index contributed by atoms with van der Waals surface area (Å²) in [6, 6.07) is -0.0954. The summed E-state index contributed by atoms with van der Waals surface area (Å²) >= 11 is 5.06. The van der Waals surface area contributed by atoms with Crippen molar-refractivity contribution >= 4 is 17.6 Å². The van der Waals surface area contributed by atoms with Crippen LogP contribution >= 0.6 is 11.6 Å². The van der Waals surface area contributed by atoms with Crippen LogP contribution in [0.25, 0.3) is 0 Å². The number of hydrogen-bond acceptors (Lipinski definition) is 2. The summed E-state index contributed by atoms with van der Waals surface area (Å²) < 4.78 is 135. The second-order valence-corrected chi connectivity index (χ2v) is 7.46. The van der Waals surface area contributed by atoms with Crippen molar-refractivity contribution in [2.75, 3.05) is 0 Å². The fraction of sp³-hybridized carbons (Fsp3) is 0.471. The summed E-state index contributed by atoms with van der Waals surface area (Å²) in [7, 11) is 0. The van der Waals surface area contributed by atoms with Crippen LogP contribution in [-0.4, -0.2) is 18.1 Å². The lowest BCUT2D eigenvalue weighted by Gasteiger charge is -2.18. The Morgan fingerprint density at radius 1 is 1.10 bits per heavy atom. The van der Waals surface area contributed by atoms with Gasteiger partial charge in [-0.15, -0.1) is 0 Å². The first-order valence-corrected chi connectivity index (χ1v) is 8.32. The van der Waals surface area contributed by atoms with Crippen molar-refractivity contribution in [2.24, 2.45) is 17.3 Å². The van der Waals surface area contributed by atoms with Crippen molar-refractivity contribution in [1.29, 1.82) is 0 Å². The molecule has 0 heterocycles. The van der Waals surface area contributed by atoms with E-state index in [1.54, 1.807) is 0 Å². The summed E-state index contributed by atoms with van der Waals surface area (Å²) in [5.74, 6) is -18.5. The van der Waals surface area contributed by atoms with E-state index in [1.807, 2.05) is 0 Å². The molecular formula is C17H11ClF10O2. The third kappa shape index (κ3) is 4.10. The summed E-state index contributed by atoms with van der Waals surface area (Å²) in [5.41, 5.74) is -2.80. The van der Waals surface area contributed by atoms with Crippen LogP contribution in [0.4, 0.5) is 43.9 Å². The number of ether oxygens (including phenoxy) is 1. The first-order valence-electron chi connectivity index (χ1n) is 7.94. The maximum atomic E-state index is 14.1. The van der Waals surface area contributed by atoms with Gasteiger partial charge in [0.2, 0.25) is 0 Å². The molecule has 1 aliphatic carbocycles. The van der Waals surface area contributed by atoms with Gasteiger partial charge < -0.3 is 4.74 Å². The minimum Gasteiger partial charge on any atom is -0.426 e. The molecule has 30 heavy (non-hydrogen) atoms. The van der Waals surface area contributed by atoms with Crippen LogP contribution < -0.4 is 0 Å². The van der Waals surface area contributed by atoms with Crippen molar-refractivity contribution in [2.45, 2.75) is 32.3 Å². The number of carbonyl (C=O) groups excluding carboxylic acids is 1. The van der Waals surface area contributed by atoms with Crippen LogP contribution in [0.3, 0.4) is 0 Å². The summed E-state index contributed by atoms with van der Waals surface area (Å²) in [5, 5.41) is -1.92. The van der Waals surface area contributed by atoms with Gasteiger partial charge in [-0.2, -0.15) is 26.3 Å². The van der Waals surface area contributed by atoms with Gasteiger partial charge in [-0.1, -0.05) is 31.5 Å². The Kier molecular flexibility index (Phi) is 6.16. The minimum atomic E-state index is -6.01. The Morgan fingerprint density at radius 3 is 2.13 bits per heavy atom. The minimum absolute atomic E-state index is 0.0954. The number of carbonyl (C=O) groups is 1. The summed E-state index contributed by atoms with van der Waals surface area (Å²) in [6.07, 6.45) is -8.85. The highest BCUT2D eigenvalue weighted by molar-refractivity contribution is 6.30. The van der Waals surface area contributed by atoms with Crippen molar-refractivity contribution in [3.63, 3.8) is 0 Å². The van der Waals surface area contributed by atoms with E-state index in [1.165, 1.54) is 13.8 Å². The standard InChI is InChI=1S/C17H11ClF10O2/c1-15(2)6(4-8(18)16(24,25)17(26,27)28)9(15)14(29)30-13(23)5-3-7(19)11(21)12(22)10(5)20/h3-4,6,9,13H,1-2H3. The molecule has 0 radical (unpaired) electrons. The van der Waals surface area contributed by atoms with Gasteiger partial charge >= 0.3 is 18.1 Å². The van der Waals surface area contributed by atoms with Gasteiger partial charge in [0, 0.05) is 0 Å². The zero-order valence-electron chi connectivity index (χ0n) is 14.9. The molecule has 3 unspecified atom stereocenters. The molecule has 2 nitrogen and oxygen atoms in total. The molecule has 1 aliphatic rings. The topological polar surface area (TPSA) is 26.3 Å². The Bertz CT molecular complexity index is 894. The molecule has 0 spiro atoms. The van der Waals surface area contributed by atoms with E-state index in [4.69, 9.17) is 11.6 Å². The monoisotopic (exact) mass is 472 g/mol. The van der Waals surface area contributed by atoms with Crippen molar-refractivity contribution in [1.82, 2.24) is 0 Å². The zero-order valence-corrected chi connectivity index (χ0v) is 15.6. The lowest BCUT2D eigenvalue weighted by molar-refractivity contribution is -0.261. The second-order valence-electron chi connectivity index (χ2n) is 7.05. The molecule has 1 saturated carbocycles. The van der Waals surface area contributed by atoms with Gasteiger partial charge in [0.25, 0.3) is 6.36 Å². The lowest BCUT2D eigenvalue weighted by Crippen LogP contribution is -2.36. The first kappa shape index (κ1) is 24.3. The van der Waals surface area contributed by atoms with Gasteiger partial charge in [0.15, 0.2) is 23.3 Å². The van der Waals surface area contributed by atoms with E-state index in [2.05, 4.69) is 4.74 Å². The highest BCUT2D eigenvalue weighted by Gasteiger charge is 2.65. The molecule has 13 heteroatoms. The third-order valence-electron chi connectivity index (χ3n) is 4.74. The largest absolute Gasteiger partial charge is 0.459 e. The van der Waals surface area contributed by atoms with Gasteiger partial charge in [-0.05, 0) is 17.4 Å². The van der Waals surface area contributed by atoms with Crippen LogP contribution in [0.15, 0.2) is 17.2 Å². The van der Waals surface area contributed by atoms with E-state index in [0.29, 0.717) is 0 Å². The maximum Gasteiger partial charge on any atom is 0.459 e. The Morgan fingerprint density at radius 2 is 1.63 bits per heavy atom. The smallest absolute Gasteiger partial charge is 0.426 e. The SMILES string of the molecule is CC1(C)C(C=C(Cl)C(F)(F)C(F)(F)F)C1C(=O)OC(F)c1cc(F)c(F)c(F)c1F. The molecular weight excluding hydrogens is 462 g/mol. The van der Waals surface area contributed by atoms with Crippen LogP contribution in [0.2, 0.25) is 0 Å². The number of benzene rings is 1. The Hall–Kier alpha value is -1.98. The number of alkyl halides is 6. The van der Waals surface area contributed by atoms with E-state index in [-0.39, 0.29) is 12.1 Å². The van der Waals surface area contributed by atoms with Gasteiger partial charge in [-0.3, -0.25) is 4.79 Å². The zero-order chi connectivity index (χ0) is 23.4. The highest BCUT2D eigenvalue weighted by atomic mass is 35.5. The van der Waals surface area contributed by atoms with Crippen LogP contribution in [0.1, 0.15) is 25.8 Å². The molecule has 1 fully saturated rings. The predicted octanol–water partition coefficient (Wildman–Crippen LogP) is 6.35. The molecule has 0 N–H and O–H groups in total. The van der Waals surface area contributed by atoms with Gasteiger partial charge in [0.1, 0.15) is 0 Å². The molecule has 0 aliphatic heterocycles. The van der Waals surface area contributed by atoms with Crippen LogP contribution in [0.5, 0.6) is 0 Å². The number of halogens is 11. The molecule has 2 rings (SSSR count). The highest BCUT2D eigenvalue weighted by Crippen LogP contribution is 2.61. The van der Waals surface area contributed by atoms with Crippen LogP contribution in [-0.2, 0) is 9.53 Å². The molecule has 1 aromatic carbocycles. The number of esters is 1. The van der Waals surface area contributed by atoms with E-state index in [9.17, 15) is 48.7 Å². The van der Waals surface area contributed by atoms with E-state index < -0.39 is 75.5 Å². The fourth-order valence-electron chi connectivity index (χ4n) is 2.83. The molecule has 0 aromatic heterocycles.